The summed E-state index contributed by atoms with van der Waals surface area (Å²) < 4.78 is 32.4. The molecule has 0 fully saturated rings. The highest BCUT2D eigenvalue weighted by atomic mass is 35.7. The van der Waals surface area contributed by atoms with Gasteiger partial charge < -0.3 is 9.47 Å². The lowest BCUT2D eigenvalue weighted by atomic mass is 10.1. The van der Waals surface area contributed by atoms with Crippen LogP contribution in [0, 0.1) is 6.92 Å². The van der Waals surface area contributed by atoms with Gasteiger partial charge in [-0.3, -0.25) is 0 Å². The number of methoxy groups -OCH3 is 2. The third-order valence-corrected chi connectivity index (χ3v) is 3.69. The lowest BCUT2D eigenvalue weighted by molar-refractivity contribution is 0.398. The van der Waals surface area contributed by atoms with E-state index in [2.05, 4.69) is 0 Å². The van der Waals surface area contributed by atoms with E-state index in [0.717, 1.165) is 0 Å². The zero-order chi connectivity index (χ0) is 13.2. The van der Waals surface area contributed by atoms with Crippen LogP contribution in [0.25, 0.3) is 0 Å². The Balaban J connectivity index is 3.42. The van der Waals surface area contributed by atoms with Gasteiger partial charge in [-0.1, -0.05) is 11.6 Å². The number of hydrogen-bond donors (Lipinski definition) is 0. The molecule has 0 unspecified atom stereocenters. The topological polar surface area (TPSA) is 52.6 Å². The first-order chi connectivity index (χ1) is 7.80. The molecule has 4 nitrogen and oxygen atoms in total. The minimum absolute atomic E-state index is 0.300. The Kier molecular flexibility index (Phi) is 4.52. The first-order valence-electron chi connectivity index (χ1n) is 4.62. The molecule has 0 saturated heterocycles. The van der Waals surface area contributed by atoms with E-state index >= 15 is 0 Å². The van der Waals surface area contributed by atoms with E-state index in [0.29, 0.717) is 27.6 Å². The van der Waals surface area contributed by atoms with Gasteiger partial charge in [0.2, 0.25) is 9.05 Å². The van der Waals surface area contributed by atoms with Gasteiger partial charge >= 0.3 is 0 Å². The predicted molar refractivity (Wildman–Crippen MR) is 67.8 cm³/mol. The van der Waals surface area contributed by atoms with Crippen LogP contribution in [0.2, 0.25) is 5.02 Å². The molecular formula is C10H12Cl2O4S. The van der Waals surface area contributed by atoms with Gasteiger partial charge in [-0.25, -0.2) is 8.42 Å². The van der Waals surface area contributed by atoms with E-state index in [1.54, 1.807) is 13.0 Å². The second-order valence-corrected chi connectivity index (χ2v) is 6.55. The Hall–Kier alpha value is -0.650. The van der Waals surface area contributed by atoms with Crippen molar-refractivity contribution >= 4 is 31.3 Å². The highest BCUT2D eigenvalue weighted by Gasteiger charge is 2.19. The van der Waals surface area contributed by atoms with Crippen LogP contribution in [0.1, 0.15) is 11.1 Å². The molecule has 1 aromatic rings. The molecule has 1 rings (SSSR count). The molecule has 0 atom stereocenters. The van der Waals surface area contributed by atoms with Crippen molar-refractivity contribution in [2.24, 2.45) is 0 Å². The molecule has 0 aliphatic rings. The number of ether oxygens (including phenoxy) is 2. The van der Waals surface area contributed by atoms with Crippen molar-refractivity contribution in [3.63, 3.8) is 0 Å². The minimum Gasteiger partial charge on any atom is -0.496 e. The maximum absolute atomic E-state index is 11.1. The summed E-state index contributed by atoms with van der Waals surface area (Å²) in [4.78, 5) is 0. The van der Waals surface area contributed by atoms with Gasteiger partial charge in [0.05, 0.1) is 25.0 Å². The fourth-order valence-electron chi connectivity index (χ4n) is 1.48. The molecule has 0 aromatic heterocycles. The highest BCUT2D eigenvalue weighted by molar-refractivity contribution is 8.13. The molecule has 0 aliphatic heterocycles. The molecule has 17 heavy (non-hydrogen) atoms. The Bertz CT molecular complexity index is 526. The van der Waals surface area contributed by atoms with Gasteiger partial charge in [-0.15, -0.1) is 0 Å². The Morgan fingerprint density at radius 1 is 1.29 bits per heavy atom. The van der Waals surface area contributed by atoms with Crippen molar-refractivity contribution in [1.82, 2.24) is 0 Å². The third kappa shape index (κ3) is 3.40. The minimum atomic E-state index is -3.69. The van der Waals surface area contributed by atoms with E-state index in [4.69, 9.17) is 31.8 Å². The normalized spacial score (nSPS) is 11.4. The average Bonchev–Trinajstić information content (AvgIpc) is 2.21. The largest absolute Gasteiger partial charge is 0.496 e. The highest BCUT2D eigenvalue weighted by Crippen LogP contribution is 2.38. The number of hydrogen-bond acceptors (Lipinski definition) is 4. The smallest absolute Gasteiger partial charge is 0.236 e. The maximum atomic E-state index is 11.1. The zero-order valence-electron chi connectivity index (χ0n) is 9.58. The predicted octanol–water partition coefficient (Wildman–Crippen LogP) is 2.73. The van der Waals surface area contributed by atoms with Gasteiger partial charge in [-0.05, 0) is 13.0 Å². The summed E-state index contributed by atoms with van der Waals surface area (Å²) in [5.41, 5.74) is 1.05. The fourth-order valence-corrected chi connectivity index (χ4v) is 2.71. The summed E-state index contributed by atoms with van der Waals surface area (Å²) in [5.74, 6) is 0.425. The lowest BCUT2D eigenvalue weighted by Crippen LogP contribution is -2.01. The molecule has 0 aliphatic carbocycles. The fraction of sp³-hybridized carbons (Fsp3) is 0.400. The van der Waals surface area contributed by atoms with E-state index in [9.17, 15) is 8.42 Å². The maximum Gasteiger partial charge on any atom is 0.236 e. The zero-order valence-corrected chi connectivity index (χ0v) is 11.9. The lowest BCUT2D eigenvalue weighted by Gasteiger charge is -2.14. The van der Waals surface area contributed by atoms with Crippen molar-refractivity contribution in [2.45, 2.75) is 12.7 Å². The summed E-state index contributed by atoms with van der Waals surface area (Å²) in [6, 6.07) is 1.56. The molecule has 0 saturated carbocycles. The molecular weight excluding hydrogens is 287 g/mol. The second-order valence-electron chi connectivity index (χ2n) is 3.39. The van der Waals surface area contributed by atoms with E-state index in [1.807, 2.05) is 0 Å². The summed E-state index contributed by atoms with van der Waals surface area (Å²) in [5, 5.41) is 0.321. The van der Waals surface area contributed by atoms with E-state index in [1.165, 1.54) is 14.2 Å². The second kappa shape index (κ2) is 5.33. The molecule has 0 amide bonds. The summed E-state index contributed by atoms with van der Waals surface area (Å²) in [6.45, 7) is 1.75. The van der Waals surface area contributed by atoms with E-state index in [-0.39, 0.29) is 5.75 Å². The molecule has 0 bridgehead atoms. The number of halogens is 2. The SMILES string of the molecule is COc1cc(CS(=O)(=O)Cl)c(OC)c(Cl)c1C. The van der Waals surface area contributed by atoms with Crippen LogP contribution in [-0.4, -0.2) is 22.6 Å². The van der Waals surface area contributed by atoms with Crippen LogP contribution in [0.5, 0.6) is 11.5 Å². The summed E-state index contributed by atoms with van der Waals surface area (Å²) >= 11 is 6.07. The summed E-state index contributed by atoms with van der Waals surface area (Å²) in [6.07, 6.45) is 0. The monoisotopic (exact) mass is 298 g/mol. The van der Waals surface area contributed by atoms with Gasteiger partial charge in [-0.2, -0.15) is 0 Å². The van der Waals surface area contributed by atoms with Gasteiger partial charge in [0.1, 0.15) is 11.5 Å². The molecule has 7 heteroatoms. The van der Waals surface area contributed by atoms with Crippen molar-refractivity contribution in [3.8, 4) is 11.5 Å². The quantitative estimate of drug-likeness (QED) is 0.802. The van der Waals surface area contributed by atoms with Crippen LogP contribution in [0.4, 0.5) is 0 Å². The Morgan fingerprint density at radius 3 is 2.29 bits per heavy atom. The van der Waals surface area contributed by atoms with E-state index < -0.39 is 9.05 Å². The van der Waals surface area contributed by atoms with Crippen LogP contribution in [-0.2, 0) is 14.8 Å². The number of rotatable bonds is 4. The van der Waals surface area contributed by atoms with Crippen molar-refractivity contribution in [2.75, 3.05) is 14.2 Å². The molecule has 0 radical (unpaired) electrons. The van der Waals surface area contributed by atoms with Gasteiger partial charge in [0.25, 0.3) is 0 Å². The Morgan fingerprint density at radius 2 is 1.88 bits per heavy atom. The van der Waals surface area contributed by atoms with Crippen LogP contribution >= 0.6 is 22.3 Å². The van der Waals surface area contributed by atoms with Crippen LogP contribution in [0.15, 0.2) is 6.07 Å². The molecule has 0 N–H and O–H groups in total. The number of benzene rings is 1. The van der Waals surface area contributed by atoms with Crippen molar-refractivity contribution in [1.29, 1.82) is 0 Å². The standard InChI is InChI=1S/C10H12Cl2O4S/c1-6-8(15-2)4-7(5-17(12,13)14)10(16-3)9(6)11/h4H,5H2,1-3H3. The molecule has 96 valence electrons. The summed E-state index contributed by atoms with van der Waals surface area (Å²) in [7, 11) is 4.42. The average molecular weight is 299 g/mol. The van der Waals surface area contributed by atoms with Gasteiger partial charge in [0, 0.05) is 21.8 Å². The first kappa shape index (κ1) is 14.4. The van der Waals surface area contributed by atoms with Crippen molar-refractivity contribution in [3.05, 3.63) is 22.2 Å². The Labute approximate surface area is 110 Å². The molecule has 1 aromatic carbocycles. The van der Waals surface area contributed by atoms with Crippen LogP contribution < -0.4 is 9.47 Å². The van der Waals surface area contributed by atoms with Crippen LogP contribution in [0.3, 0.4) is 0 Å². The third-order valence-electron chi connectivity index (χ3n) is 2.25. The molecule has 0 heterocycles. The first-order valence-corrected chi connectivity index (χ1v) is 7.48. The van der Waals surface area contributed by atoms with Crippen molar-refractivity contribution < 1.29 is 17.9 Å². The van der Waals surface area contributed by atoms with Gasteiger partial charge in [0.15, 0.2) is 0 Å². The molecule has 0 spiro atoms.